The van der Waals surface area contributed by atoms with Gasteiger partial charge in [0.25, 0.3) is 0 Å². The summed E-state index contributed by atoms with van der Waals surface area (Å²) in [7, 11) is 3.50. The van der Waals surface area contributed by atoms with Gasteiger partial charge in [-0.25, -0.2) is 4.79 Å². The van der Waals surface area contributed by atoms with Crippen LogP contribution in [0.3, 0.4) is 0 Å². The van der Waals surface area contributed by atoms with E-state index < -0.39 is 0 Å². The van der Waals surface area contributed by atoms with Gasteiger partial charge < -0.3 is 15.4 Å². The number of nitrogens with zero attached hydrogens (tertiary/aromatic N) is 3. The Kier molecular flexibility index (Phi) is 6.04. The number of methoxy groups -OCH3 is 1. The molecule has 27 heavy (non-hydrogen) atoms. The summed E-state index contributed by atoms with van der Waals surface area (Å²) in [5.74, 6) is 0.824. The van der Waals surface area contributed by atoms with Gasteiger partial charge in [-0.05, 0) is 42.3 Å². The number of pyridine rings is 1. The van der Waals surface area contributed by atoms with Crippen LogP contribution in [0.25, 0.3) is 11.4 Å². The minimum Gasteiger partial charge on any atom is -0.497 e. The Balaban J connectivity index is 1.45. The maximum absolute atomic E-state index is 12.0. The van der Waals surface area contributed by atoms with Crippen molar-refractivity contribution in [2.24, 2.45) is 7.05 Å². The molecule has 2 amide bonds. The summed E-state index contributed by atoms with van der Waals surface area (Å²) < 4.78 is 6.90. The predicted octanol–water partition coefficient (Wildman–Crippen LogP) is 2.53. The summed E-state index contributed by atoms with van der Waals surface area (Å²) in [4.78, 5) is 16.3. The second-order valence-corrected chi connectivity index (χ2v) is 6.07. The molecule has 2 heterocycles. The standard InChI is InChI=1S/C20H23N5O2/c1-25-19(18-5-3-4-11-21-18)13-16(24-25)14-23-20(26)22-12-10-15-6-8-17(27-2)9-7-15/h3-9,11,13H,10,12,14H2,1-2H3,(H2,22,23,26). The number of nitrogens with one attached hydrogen (secondary N) is 2. The smallest absolute Gasteiger partial charge is 0.315 e. The maximum atomic E-state index is 12.0. The quantitative estimate of drug-likeness (QED) is 0.674. The van der Waals surface area contributed by atoms with Gasteiger partial charge >= 0.3 is 6.03 Å². The molecule has 140 valence electrons. The van der Waals surface area contributed by atoms with E-state index in [4.69, 9.17) is 4.74 Å². The molecule has 0 aliphatic heterocycles. The number of hydrogen-bond acceptors (Lipinski definition) is 4. The van der Waals surface area contributed by atoms with Gasteiger partial charge in [0, 0.05) is 19.8 Å². The molecule has 0 saturated heterocycles. The van der Waals surface area contributed by atoms with Crippen molar-refractivity contribution in [3.8, 4) is 17.1 Å². The predicted molar refractivity (Wildman–Crippen MR) is 103 cm³/mol. The van der Waals surface area contributed by atoms with Crippen molar-refractivity contribution in [2.45, 2.75) is 13.0 Å². The lowest BCUT2D eigenvalue weighted by atomic mass is 10.1. The van der Waals surface area contributed by atoms with E-state index in [0.29, 0.717) is 13.1 Å². The van der Waals surface area contributed by atoms with Crippen molar-refractivity contribution < 1.29 is 9.53 Å². The largest absolute Gasteiger partial charge is 0.497 e. The van der Waals surface area contributed by atoms with Crippen LogP contribution in [0.15, 0.2) is 54.7 Å². The van der Waals surface area contributed by atoms with Crippen LogP contribution in [-0.4, -0.2) is 34.5 Å². The van der Waals surface area contributed by atoms with Crippen LogP contribution in [0.5, 0.6) is 5.75 Å². The van der Waals surface area contributed by atoms with Crippen molar-refractivity contribution in [3.63, 3.8) is 0 Å². The molecular weight excluding hydrogens is 342 g/mol. The topological polar surface area (TPSA) is 81.1 Å². The molecule has 0 fully saturated rings. The van der Waals surface area contributed by atoms with Crippen molar-refractivity contribution >= 4 is 6.03 Å². The number of rotatable bonds is 7. The second-order valence-electron chi connectivity index (χ2n) is 6.07. The van der Waals surface area contributed by atoms with E-state index in [2.05, 4.69) is 20.7 Å². The molecule has 0 saturated carbocycles. The summed E-state index contributed by atoms with van der Waals surface area (Å²) in [6.07, 6.45) is 2.50. The van der Waals surface area contributed by atoms with Crippen LogP contribution in [0.4, 0.5) is 4.79 Å². The molecule has 1 aromatic carbocycles. The van der Waals surface area contributed by atoms with Crippen LogP contribution in [-0.2, 0) is 20.0 Å². The molecule has 0 bridgehead atoms. The lowest BCUT2D eigenvalue weighted by molar-refractivity contribution is 0.240. The molecule has 0 spiro atoms. The third-order valence-corrected chi connectivity index (χ3v) is 4.15. The van der Waals surface area contributed by atoms with Gasteiger partial charge in [-0.2, -0.15) is 5.10 Å². The fourth-order valence-corrected chi connectivity index (χ4v) is 2.71. The van der Waals surface area contributed by atoms with E-state index >= 15 is 0 Å². The Morgan fingerprint density at radius 2 is 1.96 bits per heavy atom. The average molecular weight is 365 g/mol. The minimum absolute atomic E-state index is 0.214. The fourth-order valence-electron chi connectivity index (χ4n) is 2.71. The van der Waals surface area contributed by atoms with Crippen molar-refractivity contribution in [1.29, 1.82) is 0 Å². The summed E-state index contributed by atoms with van der Waals surface area (Å²) in [6, 6.07) is 15.3. The minimum atomic E-state index is -0.214. The summed E-state index contributed by atoms with van der Waals surface area (Å²) >= 11 is 0. The van der Waals surface area contributed by atoms with Crippen LogP contribution >= 0.6 is 0 Å². The van der Waals surface area contributed by atoms with Crippen molar-refractivity contribution in [3.05, 3.63) is 66.0 Å². The summed E-state index contributed by atoms with van der Waals surface area (Å²) in [5.41, 5.74) is 3.68. The van der Waals surface area contributed by atoms with Gasteiger partial charge in [0.1, 0.15) is 5.75 Å². The second kappa shape index (κ2) is 8.84. The molecule has 0 radical (unpaired) electrons. The summed E-state index contributed by atoms with van der Waals surface area (Å²) in [6.45, 7) is 0.911. The highest BCUT2D eigenvalue weighted by molar-refractivity contribution is 5.73. The fraction of sp³-hybridized carbons (Fsp3) is 0.250. The zero-order chi connectivity index (χ0) is 19.1. The van der Waals surface area contributed by atoms with Crippen molar-refractivity contribution in [2.75, 3.05) is 13.7 Å². The highest BCUT2D eigenvalue weighted by Crippen LogP contribution is 2.16. The number of ether oxygens (including phenoxy) is 1. The first-order valence-electron chi connectivity index (χ1n) is 8.74. The van der Waals surface area contributed by atoms with Crippen LogP contribution in [0.1, 0.15) is 11.3 Å². The van der Waals surface area contributed by atoms with E-state index in [1.807, 2.05) is 55.6 Å². The molecule has 3 rings (SSSR count). The number of benzene rings is 1. The molecule has 0 atom stereocenters. The zero-order valence-corrected chi connectivity index (χ0v) is 15.5. The van der Waals surface area contributed by atoms with E-state index in [-0.39, 0.29) is 6.03 Å². The highest BCUT2D eigenvalue weighted by atomic mass is 16.5. The van der Waals surface area contributed by atoms with E-state index in [0.717, 1.165) is 34.8 Å². The Bertz CT molecular complexity index is 875. The number of hydrogen-bond donors (Lipinski definition) is 2. The molecule has 0 aliphatic rings. The van der Waals surface area contributed by atoms with Crippen LogP contribution in [0, 0.1) is 0 Å². The molecular formula is C20H23N5O2. The monoisotopic (exact) mass is 365 g/mol. The number of urea groups is 1. The Morgan fingerprint density at radius 3 is 2.67 bits per heavy atom. The normalized spacial score (nSPS) is 10.4. The third kappa shape index (κ3) is 5.07. The van der Waals surface area contributed by atoms with E-state index in [1.165, 1.54) is 0 Å². The Morgan fingerprint density at radius 1 is 1.15 bits per heavy atom. The van der Waals surface area contributed by atoms with Gasteiger partial charge in [0.2, 0.25) is 0 Å². The molecule has 0 aliphatic carbocycles. The average Bonchev–Trinajstić information content (AvgIpc) is 3.08. The van der Waals surface area contributed by atoms with E-state index in [1.54, 1.807) is 18.0 Å². The molecule has 2 N–H and O–H groups in total. The van der Waals surface area contributed by atoms with Gasteiger partial charge in [-0.3, -0.25) is 9.67 Å². The van der Waals surface area contributed by atoms with Gasteiger partial charge in [0.15, 0.2) is 0 Å². The van der Waals surface area contributed by atoms with Crippen LogP contribution in [0.2, 0.25) is 0 Å². The first-order valence-corrected chi connectivity index (χ1v) is 8.74. The third-order valence-electron chi connectivity index (χ3n) is 4.15. The van der Waals surface area contributed by atoms with Crippen molar-refractivity contribution in [1.82, 2.24) is 25.4 Å². The van der Waals surface area contributed by atoms with Crippen LogP contribution < -0.4 is 15.4 Å². The highest BCUT2D eigenvalue weighted by Gasteiger charge is 2.09. The SMILES string of the molecule is COc1ccc(CCNC(=O)NCc2cc(-c3ccccn3)n(C)n2)cc1. The Labute approximate surface area is 158 Å². The summed E-state index contributed by atoms with van der Waals surface area (Å²) in [5, 5.41) is 10.1. The Hall–Kier alpha value is -3.35. The lowest BCUT2D eigenvalue weighted by Crippen LogP contribution is -2.36. The number of aryl methyl sites for hydroxylation is 1. The van der Waals surface area contributed by atoms with E-state index in [9.17, 15) is 4.79 Å². The number of carbonyl (C=O) groups is 1. The molecule has 7 nitrogen and oxygen atoms in total. The first-order chi connectivity index (χ1) is 13.2. The van der Waals surface area contributed by atoms with Gasteiger partial charge in [-0.15, -0.1) is 0 Å². The molecule has 3 aromatic rings. The molecule has 0 unspecified atom stereocenters. The molecule has 7 heteroatoms. The molecule has 2 aromatic heterocycles. The number of aromatic nitrogens is 3. The number of amides is 2. The lowest BCUT2D eigenvalue weighted by Gasteiger charge is -2.07. The number of carbonyl (C=O) groups excluding carboxylic acids is 1. The van der Waals surface area contributed by atoms with Gasteiger partial charge in [0.05, 0.1) is 30.7 Å². The zero-order valence-electron chi connectivity index (χ0n) is 15.5. The maximum Gasteiger partial charge on any atom is 0.315 e. The van der Waals surface area contributed by atoms with Gasteiger partial charge in [-0.1, -0.05) is 18.2 Å². The first kappa shape index (κ1) is 18.4.